The van der Waals surface area contributed by atoms with E-state index in [9.17, 15) is 29.4 Å². The van der Waals surface area contributed by atoms with Gasteiger partial charge in [-0.3, -0.25) is 29.8 Å². The molecule has 0 unspecified atom stereocenters. The smallest absolute Gasteiger partial charge is 0.258 e. The molecule has 2 fully saturated rings. The van der Waals surface area contributed by atoms with Gasteiger partial charge in [0.15, 0.2) is 0 Å². The second-order valence-electron chi connectivity index (χ2n) is 15.7. The van der Waals surface area contributed by atoms with E-state index in [-0.39, 0.29) is 71.9 Å². The molecule has 0 aliphatic carbocycles. The minimum atomic E-state index is -0.505. The molecule has 4 aromatic rings. The van der Waals surface area contributed by atoms with Gasteiger partial charge in [-0.1, -0.05) is 48.6 Å². The van der Waals surface area contributed by atoms with Crippen molar-refractivity contribution in [2.75, 3.05) is 27.4 Å². The first-order valence-electron chi connectivity index (χ1n) is 20.4. The average molecular weight is 819 g/mol. The maximum atomic E-state index is 12.9. The van der Waals surface area contributed by atoms with Crippen LogP contribution in [0.3, 0.4) is 0 Å². The number of aliphatic hydroxyl groups excluding tert-OH is 2. The third kappa shape index (κ3) is 8.33. The number of pyridine rings is 2. The second kappa shape index (κ2) is 18.6. The van der Waals surface area contributed by atoms with Crippen molar-refractivity contribution in [1.82, 2.24) is 30.4 Å². The van der Waals surface area contributed by atoms with Crippen LogP contribution >= 0.6 is 0 Å². The SMILES string of the molecule is C/C=C/c1ccc2n(c1=O)C[C@@H]1[C@@H](CO)[C@H](C(=O)NCc3cccc(OC)c3)N[C@H]21.C/C=C\c1ccc2n(c1=O)C[C@@H]1[C@@H](CO)[C@H](C(=O)NCc3cccc(OC)c3)N[C@H]21. The van der Waals surface area contributed by atoms with Crippen LogP contribution in [0.25, 0.3) is 12.2 Å². The van der Waals surface area contributed by atoms with E-state index in [4.69, 9.17) is 9.47 Å². The van der Waals surface area contributed by atoms with Crippen molar-refractivity contribution in [2.45, 2.75) is 64.2 Å². The molecule has 2 aromatic heterocycles. The molecule has 8 atom stereocenters. The number of allylic oxidation sites excluding steroid dienone is 2. The lowest BCUT2D eigenvalue weighted by Crippen LogP contribution is -2.46. The first-order valence-corrected chi connectivity index (χ1v) is 20.4. The number of hydrogen-bond donors (Lipinski definition) is 6. The first-order chi connectivity index (χ1) is 29.1. The van der Waals surface area contributed by atoms with Crippen molar-refractivity contribution >= 4 is 24.0 Å². The average Bonchev–Trinajstić information content (AvgIpc) is 4.03. The zero-order valence-electron chi connectivity index (χ0n) is 34.3. The Kier molecular flexibility index (Phi) is 13.1. The van der Waals surface area contributed by atoms with E-state index in [1.165, 1.54) is 0 Å². The van der Waals surface area contributed by atoms with Gasteiger partial charge in [0, 0.05) is 85.6 Å². The fourth-order valence-electron chi connectivity index (χ4n) is 9.32. The molecule has 4 aliphatic heterocycles. The van der Waals surface area contributed by atoms with E-state index in [1.807, 2.05) is 98.8 Å². The van der Waals surface area contributed by atoms with Crippen molar-refractivity contribution in [1.29, 1.82) is 0 Å². The summed E-state index contributed by atoms with van der Waals surface area (Å²) in [6, 6.07) is 21.4. The molecule has 316 valence electrons. The maximum Gasteiger partial charge on any atom is 0.258 e. The Morgan fingerprint density at radius 1 is 0.683 bits per heavy atom. The van der Waals surface area contributed by atoms with Gasteiger partial charge in [-0.05, 0) is 73.5 Å². The number of hydrogen-bond acceptors (Lipinski definition) is 10. The Hall–Kier alpha value is -5.80. The topological polar surface area (TPSA) is 185 Å². The molecule has 6 heterocycles. The first kappa shape index (κ1) is 42.3. The van der Waals surface area contributed by atoms with Crippen LogP contribution in [0.15, 0.2) is 94.5 Å². The minimum absolute atomic E-state index is 0.00359. The summed E-state index contributed by atoms with van der Waals surface area (Å²) < 4.78 is 14.0. The van der Waals surface area contributed by atoms with Gasteiger partial charge in [0.05, 0.1) is 38.4 Å². The Morgan fingerprint density at radius 3 is 1.47 bits per heavy atom. The Labute approximate surface area is 348 Å². The molecule has 4 aliphatic rings. The zero-order valence-corrected chi connectivity index (χ0v) is 34.3. The number of benzene rings is 2. The molecule has 6 N–H and O–H groups in total. The van der Waals surface area contributed by atoms with Gasteiger partial charge in [-0.25, -0.2) is 0 Å². The van der Waals surface area contributed by atoms with Crippen molar-refractivity contribution in [3.05, 3.63) is 139 Å². The monoisotopic (exact) mass is 818 g/mol. The molecule has 2 aromatic carbocycles. The van der Waals surface area contributed by atoms with Crippen LogP contribution in [0.4, 0.5) is 0 Å². The molecule has 14 nitrogen and oxygen atoms in total. The quantitative estimate of drug-likeness (QED) is 0.124. The number of amides is 2. The summed E-state index contributed by atoms with van der Waals surface area (Å²) in [7, 11) is 3.21. The molecule has 0 saturated carbocycles. The summed E-state index contributed by atoms with van der Waals surface area (Å²) >= 11 is 0. The Balaban J connectivity index is 0.000000181. The van der Waals surface area contributed by atoms with E-state index in [2.05, 4.69) is 21.3 Å². The number of aliphatic hydroxyl groups is 2. The largest absolute Gasteiger partial charge is 0.497 e. The van der Waals surface area contributed by atoms with Crippen molar-refractivity contribution < 1.29 is 29.3 Å². The number of aromatic nitrogens is 2. The zero-order chi connectivity index (χ0) is 42.5. The van der Waals surface area contributed by atoms with Crippen LogP contribution in [0.1, 0.15) is 59.6 Å². The van der Waals surface area contributed by atoms with Gasteiger partial charge >= 0.3 is 0 Å². The van der Waals surface area contributed by atoms with Crippen molar-refractivity contribution in [3.63, 3.8) is 0 Å². The van der Waals surface area contributed by atoms with Gasteiger partial charge in [0.25, 0.3) is 11.1 Å². The van der Waals surface area contributed by atoms with Crippen LogP contribution in [0, 0.1) is 23.7 Å². The number of nitrogens with zero attached hydrogens (tertiary/aromatic N) is 2. The van der Waals surface area contributed by atoms with E-state index < -0.39 is 12.1 Å². The van der Waals surface area contributed by atoms with Crippen LogP contribution in [0.2, 0.25) is 0 Å². The number of fused-ring (bicyclic) bond motifs is 6. The normalized spacial score (nSPS) is 24.6. The van der Waals surface area contributed by atoms with E-state index >= 15 is 0 Å². The Bertz CT molecular complexity index is 2220. The number of rotatable bonds is 12. The lowest BCUT2D eigenvalue weighted by Gasteiger charge is -2.21. The molecule has 2 saturated heterocycles. The van der Waals surface area contributed by atoms with Gasteiger partial charge in [0.2, 0.25) is 11.8 Å². The predicted octanol–water partition coefficient (Wildman–Crippen LogP) is 2.92. The fourth-order valence-corrected chi connectivity index (χ4v) is 9.32. The molecule has 60 heavy (non-hydrogen) atoms. The van der Waals surface area contributed by atoms with Crippen molar-refractivity contribution in [2.24, 2.45) is 23.7 Å². The number of methoxy groups -OCH3 is 2. The summed E-state index contributed by atoms with van der Waals surface area (Å²) in [6.07, 6.45) is 7.29. The van der Waals surface area contributed by atoms with Gasteiger partial charge in [-0.2, -0.15) is 0 Å². The van der Waals surface area contributed by atoms with Crippen LogP contribution in [0.5, 0.6) is 11.5 Å². The summed E-state index contributed by atoms with van der Waals surface area (Å²) in [4.78, 5) is 51.3. The standard InChI is InChI=1S/2C23H27N3O4/c2*1-3-5-15-8-9-19-20-17(12-26(19)23(15)29)18(13-27)21(25-20)22(28)24-11-14-6-4-7-16(10-14)30-2/h2*3-10,17-18,20-21,25,27H,11-13H2,1-2H3,(H,24,28)/b5-3+;5-3-/t2*17-,18-,20+,21-/m11/s1. The van der Waals surface area contributed by atoms with E-state index in [1.54, 1.807) is 35.5 Å². The van der Waals surface area contributed by atoms with Crippen LogP contribution < -0.4 is 41.9 Å². The molecule has 0 spiro atoms. The molecule has 0 bridgehead atoms. The van der Waals surface area contributed by atoms with Crippen LogP contribution in [-0.4, -0.2) is 70.7 Å². The van der Waals surface area contributed by atoms with Gasteiger partial charge < -0.3 is 39.5 Å². The van der Waals surface area contributed by atoms with Crippen LogP contribution in [-0.2, 0) is 35.8 Å². The number of carbonyl (C=O) groups is 2. The summed E-state index contributed by atoms with van der Waals surface area (Å²) in [5.41, 5.74) is 4.86. The van der Waals surface area contributed by atoms with Gasteiger partial charge in [0.1, 0.15) is 11.5 Å². The van der Waals surface area contributed by atoms with Gasteiger partial charge in [-0.15, -0.1) is 0 Å². The number of nitrogens with one attached hydrogen (secondary N) is 4. The van der Waals surface area contributed by atoms with Crippen molar-refractivity contribution in [3.8, 4) is 11.5 Å². The fraction of sp³-hybridized carbons (Fsp3) is 0.391. The lowest BCUT2D eigenvalue weighted by molar-refractivity contribution is -0.125. The molecule has 8 rings (SSSR count). The molecule has 0 radical (unpaired) electrons. The Morgan fingerprint density at radius 2 is 1.10 bits per heavy atom. The second-order valence-corrected chi connectivity index (χ2v) is 15.7. The number of carbonyl (C=O) groups excluding carboxylic acids is 2. The highest BCUT2D eigenvalue weighted by atomic mass is 16.5. The maximum absolute atomic E-state index is 12.9. The molecule has 14 heteroatoms. The molecular weight excluding hydrogens is 765 g/mol. The highest BCUT2D eigenvalue weighted by Gasteiger charge is 2.51. The minimum Gasteiger partial charge on any atom is -0.497 e. The third-order valence-electron chi connectivity index (χ3n) is 12.3. The predicted molar refractivity (Wildman–Crippen MR) is 228 cm³/mol. The summed E-state index contributed by atoms with van der Waals surface area (Å²) in [5, 5.41) is 32.7. The molecule has 2 amide bonds. The van der Waals surface area contributed by atoms with E-state index in [0.29, 0.717) is 37.3 Å². The molecular formula is C46H54N6O8. The highest BCUT2D eigenvalue weighted by Crippen LogP contribution is 2.43. The summed E-state index contributed by atoms with van der Waals surface area (Å²) in [5.74, 6) is 0.656. The van der Waals surface area contributed by atoms with E-state index in [0.717, 1.165) is 34.0 Å². The highest BCUT2D eigenvalue weighted by molar-refractivity contribution is 5.83. The number of ether oxygens (including phenoxy) is 2. The lowest BCUT2D eigenvalue weighted by atomic mass is 9.88. The third-order valence-corrected chi connectivity index (χ3v) is 12.3. The summed E-state index contributed by atoms with van der Waals surface area (Å²) in [6.45, 7) is 5.29.